The van der Waals surface area contributed by atoms with Crippen LogP contribution in [0.15, 0.2) is 36.4 Å². The first-order valence-corrected chi connectivity index (χ1v) is 6.56. The first-order valence-electron chi connectivity index (χ1n) is 6.56. The van der Waals surface area contributed by atoms with Crippen molar-refractivity contribution in [3.63, 3.8) is 0 Å². The third kappa shape index (κ3) is 2.61. The van der Waals surface area contributed by atoms with E-state index in [-0.39, 0.29) is 18.4 Å². The van der Waals surface area contributed by atoms with Gasteiger partial charge < -0.3 is 10.5 Å². The lowest BCUT2D eigenvalue weighted by Gasteiger charge is -2.15. The second kappa shape index (κ2) is 5.07. The first kappa shape index (κ1) is 13.9. The van der Waals surface area contributed by atoms with Crippen molar-refractivity contribution in [1.82, 2.24) is 0 Å². The molecule has 2 N–H and O–H groups in total. The van der Waals surface area contributed by atoms with E-state index in [9.17, 15) is 13.2 Å². The van der Waals surface area contributed by atoms with Gasteiger partial charge in [-0.25, -0.2) is 0 Å². The van der Waals surface area contributed by atoms with E-state index < -0.39 is 11.7 Å². The zero-order chi connectivity index (χ0) is 15.0. The summed E-state index contributed by atoms with van der Waals surface area (Å²) in [6, 6.07) is 12.5. The van der Waals surface area contributed by atoms with Crippen LogP contribution < -0.4 is 10.5 Å². The number of rotatable bonds is 2. The Morgan fingerprint density at radius 1 is 1.19 bits per heavy atom. The summed E-state index contributed by atoms with van der Waals surface area (Å²) in [5.74, 6) is -0.0795. The van der Waals surface area contributed by atoms with Gasteiger partial charge in [-0.3, -0.25) is 0 Å². The molecule has 21 heavy (non-hydrogen) atoms. The number of benzene rings is 2. The summed E-state index contributed by atoms with van der Waals surface area (Å²) in [6.45, 7) is 0.196. The largest absolute Gasteiger partial charge is 0.488 e. The lowest BCUT2D eigenvalue weighted by molar-refractivity contribution is -0.138. The highest BCUT2D eigenvalue weighted by atomic mass is 19.4. The average Bonchev–Trinajstić information content (AvgIpc) is 2.89. The van der Waals surface area contributed by atoms with Crippen LogP contribution in [0, 0.1) is 6.07 Å². The van der Waals surface area contributed by atoms with Crippen molar-refractivity contribution in [2.24, 2.45) is 5.73 Å². The molecule has 0 saturated carbocycles. The molecule has 1 radical (unpaired) electrons. The molecule has 0 amide bonds. The molecule has 1 atom stereocenters. The van der Waals surface area contributed by atoms with E-state index in [4.69, 9.17) is 10.5 Å². The van der Waals surface area contributed by atoms with Gasteiger partial charge in [-0.2, -0.15) is 13.2 Å². The molecule has 1 heterocycles. The summed E-state index contributed by atoms with van der Waals surface area (Å²) in [4.78, 5) is 0. The van der Waals surface area contributed by atoms with Crippen molar-refractivity contribution >= 4 is 0 Å². The van der Waals surface area contributed by atoms with Crippen molar-refractivity contribution in [1.29, 1.82) is 0 Å². The van der Waals surface area contributed by atoms with Crippen LogP contribution in [0.4, 0.5) is 13.2 Å². The molecule has 0 aliphatic carbocycles. The van der Waals surface area contributed by atoms with Crippen LogP contribution in [0.2, 0.25) is 0 Å². The minimum atomic E-state index is -4.45. The molecule has 1 unspecified atom stereocenters. The zero-order valence-electron chi connectivity index (χ0n) is 11.1. The maximum atomic E-state index is 13.3. The number of halogens is 3. The van der Waals surface area contributed by atoms with Crippen molar-refractivity contribution in [2.45, 2.75) is 18.7 Å². The van der Waals surface area contributed by atoms with Gasteiger partial charge in [-0.15, -0.1) is 0 Å². The van der Waals surface area contributed by atoms with Gasteiger partial charge in [0.2, 0.25) is 0 Å². The minimum absolute atomic E-state index is 0.0795. The van der Waals surface area contributed by atoms with Gasteiger partial charge in [-0.05, 0) is 34.9 Å². The molecule has 5 heteroatoms. The Morgan fingerprint density at radius 2 is 1.90 bits per heavy atom. The number of ether oxygens (including phenoxy) is 1. The predicted molar refractivity (Wildman–Crippen MR) is 72.9 cm³/mol. The number of nitrogens with two attached hydrogens (primary N) is 1. The highest BCUT2D eigenvalue weighted by Gasteiger charge is 2.39. The quantitative estimate of drug-likeness (QED) is 0.920. The smallest absolute Gasteiger partial charge is 0.419 e. The van der Waals surface area contributed by atoms with Crippen LogP contribution in [0.5, 0.6) is 5.75 Å². The number of alkyl halides is 3. The molecule has 0 bridgehead atoms. The number of fused-ring (bicyclic) bond motifs is 1. The number of hydrogen-bond acceptors (Lipinski definition) is 2. The fourth-order valence-corrected chi connectivity index (χ4v) is 2.52. The van der Waals surface area contributed by atoms with E-state index in [0.717, 1.165) is 11.6 Å². The lowest BCUT2D eigenvalue weighted by atomic mass is 9.97. The van der Waals surface area contributed by atoms with E-state index in [2.05, 4.69) is 6.07 Å². The minimum Gasteiger partial charge on any atom is -0.488 e. The van der Waals surface area contributed by atoms with Gasteiger partial charge in [0.1, 0.15) is 11.9 Å². The Morgan fingerprint density at radius 3 is 2.52 bits per heavy atom. The predicted octanol–water partition coefficient (Wildman–Crippen LogP) is 3.43. The van der Waals surface area contributed by atoms with Gasteiger partial charge in [0.05, 0.1) is 5.56 Å². The maximum Gasteiger partial charge on any atom is 0.419 e. The summed E-state index contributed by atoms with van der Waals surface area (Å²) in [5.41, 5.74) is 6.58. The van der Waals surface area contributed by atoms with Crippen molar-refractivity contribution < 1.29 is 17.9 Å². The molecule has 3 rings (SSSR count). The van der Waals surface area contributed by atoms with Crippen molar-refractivity contribution in [3.8, 4) is 16.9 Å². The van der Waals surface area contributed by atoms with E-state index in [0.29, 0.717) is 17.5 Å². The standard InChI is InChI=1S/C16H13F3NO/c17-16(18,19)14-8-11(10-4-2-1-3-5-10)6-12-7-13(9-20)21-15(12)14/h2-6,8,13H,7,9,20H2. The summed E-state index contributed by atoms with van der Waals surface area (Å²) in [7, 11) is 0. The van der Waals surface area contributed by atoms with E-state index in [1.54, 1.807) is 30.3 Å². The van der Waals surface area contributed by atoms with Crippen LogP contribution in [0.3, 0.4) is 0 Å². The van der Waals surface area contributed by atoms with Crippen LogP contribution in [-0.4, -0.2) is 12.6 Å². The van der Waals surface area contributed by atoms with Gasteiger partial charge in [0.25, 0.3) is 0 Å². The Labute approximate surface area is 120 Å². The van der Waals surface area contributed by atoms with Crippen LogP contribution in [0.1, 0.15) is 11.1 Å². The second-order valence-electron chi connectivity index (χ2n) is 4.98. The third-order valence-corrected chi connectivity index (χ3v) is 3.52. The van der Waals surface area contributed by atoms with Crippen LogP contribution in [-0.2, 0) is 12.6 Å². The third-order valence-electron chi connectivity index (χ3n) is 3.52. The SMILES string of the molecule is NCC1Cc2cc(-c3cc[c]cc3)cc(C(F)(F)F)c2O1. The Balaban J connectivity index is 2.14. The summed E-state index contributed by atoms with van der Waals surface area (Å²) >= 11 is 0. The molecule has 1 aliphatic heterocycles. The fraction of sp³-hybridized carbons (Fsp3) is 0.250. The van der Waals surface area contributed by atoms with Crippen LogP contribution in [0.25, 0.3) is 11.1 Å². The highest BCUT2D eigenvalue weighted by molar-refractivity contribution is 5.68. The molecule has 2 nitrogen and oxygen atoms in total. The van der Waals surface area contributed by atoms with Crippen molar-refractivity contribution in [3.05, 3.63) is 53.6 Å². The van der Waals surface area contributed by atoms with Gasteiger partial charge in [0, 0.05) is 13.0 Å². The Bertz CT molecular complexity index is 653. The molecule has 0 spiro atoms. The molecular formula is C16H13F3NO. The van der Waals surface area contributed by atoms with E-state index in [1.165, 1.54) is 0 Å². The summed E-state index contributed by atoms with van der Waals surface area (Å²) in [6.07, 6.45) is -4.44. The zero-order valence-corrected chi connectivity index (χ0v) is 11.1. The molecule has 109 valence electrons. The second-order valence-corrected chi connectivity index (χ2v) is 4.98. The summed E-state index contributed by atoms with van der Waals surface area (Å²) in [5, 5.41) is 0. The van der Waals surface area contributed by atoms with Gasteiger partial charge in [0.15, 0.2) is 0 Å². The van der Waals surface area contributed by atoms with Crippen LogP contribution >= 0.6 is 0 Å². The van der Waals surface area contributed by atoms with Crippen molar-refractivity contribution in [2.75, 3.05) is 6.54 Å². The molecule has 1 aliphatic rings. The first-order chi connectivity index (χ1) is 9.99. The van der Waals surface area contributed by atoms with E-state index >= 15 is 0 Å². The monoisotopic (exact) mass is 292 g/mol. The normalized spacial score (nSPS) is 17.4. The molecular weight excluding hydrogens is 279 g/mol. The Kier molecular flexibility index (Phi) is 3.37. The highest BCUT2D eigenvalue weighted by Crippen LogP contribution is 2.44. The summed E-state index contributed by atoms with van der Waals surface area (Å²) < 4.78 is 45.1. The lowest BCUT2D eigenvalue weighted by Crippen LogP contribution is -2.24. The number of hydrogen-bond donors (Lipinski definition) is 1. The molecule has 2 aromatic rings. The molecule has 2 aromatic carbocycles. The maximum absolute atomic E-state index is 13.3. The van der Waals surface area contributed by atoms with E-state index in [1.807, 2.05) is 0 Å². The average molecular weight is 292 g/mol. The van der Waals surface area contributed by atoms with Gasteiger partial charge >= 0.3 is 6.18 Å². The Hall–Kier alpha value is -2.01. The topological polar surface area (TPSA) is 35.2 Å². The fourth-order valence-electron chi connectivity index (χ4n) is 2.52. The molecule has 0 aromatic heterocycles. The molecule has 0 fully saturated rings. The molecule has 0 saturated heterocycles. The van der Waals surface area contributed by atoms with Gasteiger partial charge in [-0.1, -0.05) is 24.3 Å².